The highest BCUT2D eigenvalue weighted by atomic mass is 79.9. The molecule has 2 rings (SSSR count). The number of hydrogen-bond acceptors (Lipinski definition) is 3. The van der Waals surface area contributed by atoms with Gasteiger partial charge in [0.2, 0.25) is 10.0 Å². The van der Waals surface area contributed by atoms with Gasteiger partial charge >= 0.3 is 0 Å². The van der Waals surface area contributed by atoms with Crippen molar-refractivity contribution < 1.29 is 8.42 Å². The highest BCUT2D eigenvalue weighted by Gasteiger charge is 2.17. The predicted molar refractivity (Wildman–Crippen MR) is 81.9 cm³/mol. The minimum absolute atomic E-state index is 0.171. The van der Waals surface area contributed by atoms with E-state index in [0.717, 1.165) is 11.3 Å². The third kappa shape index (κ3) is 3.65. The lowest BCUT2D eigenvalue weighted by molar-refractivity contribution is 0.580. The van der Waals surface area contributed by atoms with Gasteiger partial charge in [0.15, 0.2) is 0 Å². The molecule has 106 valence electrons. The van der Waals surface area contributed by atoms with Crippen molar-refractivity contribution in [1.29, 1.82) is 0 Å². The van der Waals surface area contributed by atoms with Gasteiger partial charge in [0.25, 0.3) is 0 Å². The molecule has 1 aromatic heterocycles. The standard InChI is InChI=1S/C14H15BrN2O2S/c1-10-6-7-14(13(15)8-10)20(18,19)16-9-12-5-3-4-11(2)17-12/h3-8,16H,9H2,1-2H3. The fraction of sp³-hybridized carbons (Fsp3) is 0.214. The van der Waals surface area contributed by atoms with Gasteiger partial charge in [0, 0.05) is 10.2 Å². The number of aryl methyl sites for hydroxylation is 2. The van der Waals surface area contributed by atoms with Crippen LogP contribution in [0, 0.1) is 13.8 Å². The van der Waals surface area contributed by atoms with Gasteiger partial charge in [0.05, 0.1) is 17.1 Å². The highest BCUT2D eigenvalue weighted by molar-refractivity contribution is 9.10. The number of aromatic nitrogens is 1. The van der Waals surface area contributed by atoms with Crippen LogP contribution in [0.15, 0.2) is 45.8 Å². The Balaban J connectivity index is 2.19. The van der Waals surface area contributed by atoms with Crippen molar-refractivity contribution in [2.75, 3.05) is 0 Å². The zero-order valence-corrected chi connectivity index (χ0v) is 13.6. The van der Waals surface area contributed by atoms with E-state index in [1.165, 1.54) is 0 Å². The van der Waals surface area contributed by atoms with Crippen LogP contribution in [0.2, 0.25) is 0 Å². The minimum atomic E-state index is -3.56. The Kier molecular flexibility index (Phi) is 4.57. The first-order valence-corrected chi connectivity index (χ1v) is 8.34. The molecule has 4 nitrogen and oxygen atoms in total. The third-order valence-corrected chi connectivity index (χ3v) is 5.14. The van der Waals surface area contributed by atoms with Crippen LogP contribution in [0.1, 0.15) is 17.0 Å². The number of halogens is 1. The molecule has 0 atom stereocenters. The number of rotatable bonds is 4. The zero-order valence-electron chi connectivity index (χ0n) is 11.2. The molecule has 1 heterocycles. The Labute approximate surface area is 127 Å². The average molecular weight is 355 g/mol. The number of hydrogen-bond donors (Lipinski definition) is 1. The highest BCUT2D eigenvalue weighted by Crippen LogP contribution is 2.22. The number of nitrogens with one attached hydrogen (secondary N) is 1. The lowest BCUT2D eigenvalue weighted by atomic mass is 10.2. The van der Waals surface area contributed by atoms with Gasteiger partial charge in [-0.1, -0.05) is 12.1 Å². The van der Waals surface area contributed by atoms with E-state index in [-0.39, 0.29) is 11.4 Å². The topological polar surface area (TPSA) is 59.1 Å². The Bertz CT molecular complexity index is 730. The molecule has 1 aromatic carbocycles. The summed E-state index contributed by atoms with van der Waals surface area (Å²) in [5.74, 6) is 0. The van der Waals surface area contributed by atoms with Gasteiger partial charge in [-0.05, 0) is 59.6 Å². The predicted octanol–water partition coefficient (Wildman–Crippen LogP) is 2.94. The summed E-state index contributed by atoms with van der Waals surface area (Å²) in [4.78, 5) is 4.50. The maximum absolute atomic E-state index is 12.3. The quantitative estimate of drug-likeness (QED) is 0.917. The Hall–Kier alpha value is -1.24. The summed E-state index contributed by atoms with van der Waals surface area (Å²) in [7, 11) is -3.56. The molecule has 0 unspecified atom stereocenters. The number of benzene rings is 1. The van der Waals surface area contributed by atoms with E-state index < -0.39 is 10.0 Å². The second-order valence-electron chi connectivity index (χ2n) is 4.53. The van der Waals surface area contributed by atoms with Crippen molar-refractivity contribution in [3.63, 3.8) is 0 Å². The van der Waals surface area contributed by atoms with Gasteiger partial charge in [-0.2, -0.15) is 0 Å². The fourth-order valence-corrected chi connectivity index (χ4v) is 3.96. The third-order valence-electron chi connectivity index (χ3n) is 2.77. The van der Waals surface area contributed by atoms with Gasteiger partial charge in [0.1, 0.15) is 0 Å². The molecule has 1 N–H and O–H groups in total. The Morgan fingerprint density at radius 3 is 2.60 bits per heavy atom. The van der Waals surface area contributed by atoms with E-state index in [1.807, 2.05) is 26.0 Å². The molecular formula is C14H15BrN2O2S. The van der Waals surface area contributed by atoms with Crippen LogP contribution in [0.5, 0.6) is 0 Å². The summed E-state index contributed by atoms with van der Waals surface area (Å²) < 4.78 is 27.6. The van der Waals surface area contributed by atoms with Crippen LogP contribution in [0.25, 0.3) is 0 Å². The summed E-state index contributed by atoms with van der Waals surface area (Å²) >= 11 is 3.29. The molecule has 20 heavy (non-hydrogen) atoms. The van der Waals surface area contributed by atoms with Crippen LogP contribution >= 0.6 is 15.9 Å². The smallest absolute Gasteiger partial charge is 0.242 e. The summed E-state index contributed by atoms with van der Waals surface area (Å²) in [5, 5.41) is 0. The molecule has 0 aliphatic rings. The zero-order chi connectivity index (χ0) is 14.8. The molecule has 0 aliphatic heterocycles. The van der Waals surface area contributed by atoms with E-state index in [9.17, 15) is 8.42 Å². The molecule has 2 aromatic rings. The van der Waals surface area contributed by atoms with Crippen molar-refractivity contribution in [3.05, 3.63) is 57.8 Å². The van der Waals surface area contributed by atoms with E-state index in [2.05, 4.69) is 25.6 Å². The molecule has 0 amide bonds. The minimum Gasteiger partial charge on any atom is -0.257 e. The first-order valence-electron chi connectivity index (χ1n) is 6.07. The summed E-state index contributed by atoms with van der Waals surface area (Å²) in [6.07, 6.45) is 0. The lowest BCUT2D eigenvalue weighted by Gasteiger charge is -2.09. The van der Waals surface area contributed by atoms with Gasteiger partial charge in [-0.3, -0.25) is 4.98 Å². The summed E-state index contributed by atoms with van der Waals surface area (Å²) in [6, 6.07) is 10.6. The maximum Gasteiger partial charge on any atom is 0.242 e. The van der Waals surface area contributed by atoms with Crippen molar-refractivity contribution in [2.24, 2.45) is 0 Å². The van der Waals surface area contributed by atoms with Crippen LogP contribution in [0.3, 0.4) is 0 Å². The second kappa shape index (κ2) is 6.03. The van der Waals surface area contributed by atoms with E-state index >= 15 is 0 Å². The molecule has 0 bridgehead atoms. The molecule has 0 spiro atoms. The van der Waals surface area contributed by atoms with Crippen LogP contribution in [-0.2, 0) is 16.6 Å². The largest absolute Gasteiger partial charge is 0.257 e. The van der Waals surface area contributed by atoms with Crippen LogP contribution in [0.4, 0.5) is 0 Å². The molecule has 0 saturated heterocycles. The number of nitrogens with zero attached hydrogens (tertiary/aromatic N) is 1. The summed E-state index contributed by atoms with van der Waals surface area (Å²) in [6.45, 7) is 3.95. The SMILES string of the molecule is Cc1ccc(S(=O)(=O)NCc2cccc(C)n2)c(Br)c1. The molecule has 0 aliphatic carbocycles. The molecular weight excluding hydrogens is 340 g/mol. The first-order chi connectivity index (χ1) is 9.38. The van der Waals surface area contributed by atoms with Crippen LogP contribution < -0.4 is 4.72 Å². The first kappa shape index (κ1) is 15.2. The summed E-state index contributed by atoms with van der Waals surface area (Å²) in [5.41, 5.74) is 2.55. The van der Waals surface area contributed by atoms with E-state index in [4.69, 9.17) is 0 Å². The van der Waals surface area contributed by atoms with Gasteiger partial charge < -0.3 is 0 Å². The molecule has 6 heteroatoms. The van der Waals surface area contributed by atoms with Crippen LogP contribution in [-0.4, -0.2) is 13.4 Å². The van der Waals surface area contributed by atoms with Crippen molar-refractivity contribution in [3.8, 4) is 0 Å². The molecule has 0 radical (unpaired) electrons. The van der Waals surface area contributed by atoms with E-state index in [0.29, 0.717) is 10.2 Å². The Morgan fingerprint density at radius 2 is 1.95 bits per heavy atom. The molecule has 0 fully saturated rings. The fourth-order valence-electron chi connectivity index (χ4n) is 1.77. The normalized spacial score (nSPS) is 11.6. The number of sulfonamides is 1. The van der Waals surface area contributed by atoms with Crippen molar-refractivity contribution in [2.45, 2.75) is 25.3 Å². The van der Waals surface area contributed by atoms with Crippen molar-refractivity contribution in [1.82, 2.24) is 9.71 Å². The number of pyridine rings is 1. The monoisotopic (exact) mass is 354 g/mol. The van der Waals surface area contributed by atoms with Gasteiger partial charge in [-0.25, -0.2) is 13.1 Å². The van der Waals surface area contributed by atoms with Gasteiger partial charge in [-0.15, -0.1) is 0 Å². The lowest BCUT2D eigenvalue weighted by Crippen LogP contribution is -2.24. The molecule has 0 saturated carbocycles. The maximum atomic E-state index is 12.3. The van der Waals surface area contributed by atoms with Crippen molar-refractivity contribution >= 4 is 26.0 Å². The Morgan fingerprint density at radius 1 is 1.20 bits per heavy atom. The average Bonchev–Trinajstić information content (AvgIpc) is 2.36. The van der Waals surface area contributed by atoms with E-state index in [1.54, 1.807) is 24.3 Å². The second-order valence-corrected chi connectivity index (χ2v) is 7.12.